The van der Waals surface area contributed by atoms with E-state index < -0.39 is 0 Å². The van der Waals surface area contributed by atoms with Gasteiger partial charge in [0.05, 0.1) is 0 Å². The van der Waals surface area contributed by atoms with Gasteiger partial charge in [0.25, 0.3) is 0 Å². The molecule has 1 aliphatic rings. The van der Waals surface area contributed by atoms with Crippen LogP contribution in [-0.2, 0) is 6.42 Å². The molecule has 0 atom stereocenters. The predicted molar refractivity (Wildman–Crippen MR) is 62.4 cm³/mol. The van der Waals surface area contributed by atoms with E-state index in [9.17, 15) is 0 Å². The standard InChI is InChI=1S/C12H21N3O/c1-4-11-13-12(16-14-11)10-5-7-15(8-6-10)9(2)3/h9-10H,4-8H2,1-3H3. The molecule has 0 N–H and O–H groups in total. The lowest BCUT2D eigenvalue weighted by atomic mass is 9.96. The fourth-order valence-corrected chi connectivity index (χ4v) is 2.24. The molecule has 1 saturated heterocycles. The van der Waals surface area contributed by atoms with Gasteiger partial charge in [0.1, 0.15) is 0 Å². The second kappa shape index (κ2) is 4.95. The molecule has 0 spiro atoms. The summed E-state index contributed by atoms with van der Waals surface area (Å²) in [6.07, 6.45) is 3.14. The highest BCUT2D eigenvalue weighted by molar-refractivity contribution is 4.96. The normalized spacial score (nSPS) is 19.5. The molecule has 0 aromatic carbocycles. The highest BCUT2D eigenvalue weighted by atomic mass is 16.5. The van der Waals surface area contributed by atoms with Crippen molar-refractivity contribution in [3.05, 3.63) is 11.7 Å². The molecule has 0 bridgehead atoms. The molecule has 4 heteroatoms. The van der Waals surface area contributed by atoms with Crippen LogP contribution >= 0.6 is 0 Å². The van der Waals surface area contributed by atoms with Crippen molar-refractivity contribution >= 4 is 0 Å². The zero-order chi connectivity index (χ0) is 11.5. The summed E-state index contributed by atoms with van der Waals surface area (Å²) in [5.41, 5.74) is 0. The molecule has 0 amide bonds. The minimum absolute atomic E-state index is 0.475. The zero-order valence-corrected chi connectivity index (χ0v) is 10.4. The Labute approximate surface area is 97.0 Å². The van der Waals surface area contributed by atoms with Crippen molar-refractivity contribution in [2.75, 3.05) is 13.1 Å². The summed E-state index contributed by atoms with van der Waals surface area (Å²) in [5, 5.41) is 3.96. The molecule has 0 unspecified atom stereocenters. The van der Waals surface area contributed by atoms with Crippen LogP contribution in [-0.4, -0.2) is 34.2 Å². The Morgan fingerprint density at radius 1 is 1.38 bits per heavy atom. The van der Waals surface area contributed by atoms with Crippen LogP contribution in [0.2, 0.25) is 0 Å². The molecular formula is C12H21N3O. The first-order valence-corrected chi connectivity index (χ1v) is 6.27. The third kappa shape index (κ3) is 2.43. The van der Waals surface area contributed by atoms with Gasteiger partial charge in [-0.15, -0.1) is 0 Å². The maximum atomic E-state index is 5.31. The highest BCUT2D eigenvalue weighted by Crippen LogP contribution is 2.27. The topological polar surface area (TPSA) is 42.2 Å². The van der Waals surface area contributed by atoms with Gasteiger partial charge >= 0.3 is 0 Å². The fraction of sp³-hybridized carbons (Fsp3) is 0.833. The van der Waals surface area contributed by atoms with Gasteiger partial charge in [-0.3, -0.25) is 0 Å². The van der Waals surface area contributed by atoms with Crippen molar-refractivity contribution in [2.45, 2.75) is 52.0 Å². The van der Waals surface area contributed by atoms with Crippen molar-refractivity contribution in [3.63, 3.8) is 0 Å². The molecule has 2 heterocycles. The van der Waals surface area contributed by atoms with Gasteiger partial charge in [-0.2, -0.15) is 4.98 Å². The molecular weight excluding hydrogens is 202 g/mol. The summed E-state index contributed by atoms with van der Waals surface area (Å²) in [7, 11) is 0. The smallest absolute Gasteiger partial charge is 0.229 e. The Kier molecular flexibility index (Phi) is 3.59. The Bertz CT molecular complexity index is 327. The van der Waals surface area contributed by atoms with E-state index in [2.05, 4.69) is 35.8 Å². The SMILES string of the molecule is CCc1noc(C2CCN(C(C)C)CC2)n1. The summed E-state index contributed by atoms with van der Waals surface area (Å²) in [6.45, 7) is 8.85. The second-order valence-corrected chi connectivity index (χ2v) is 4.81. The molecule has 1 aromatic rings. The molecule has 1 fully saturated rings. The van der Waals surface area contributed by atoms with Gasteiger partial charge in [-0.05, 0) is 39.8 Å². The van der Waals surface area contributed by atoms with Gasteiger partial charge in [0.2, 0.25) is 5.89 Å². The van der Waals surface area contributed by atoms with Crippen molar-refractivity contribution in [1.82, 2.24) is 15.0 Å². The van der Waals surface area contributed by atoms with Gasteiger partial charge in [0, 0.05) is 18.4 Å². The van der Waals surface area contributed by atoms with E-state index in [1.807, 2.05) is 0 Å². The van der Waals surface area contributed by atoms with Gasteiger partial charge < -0.3 is 9.42 Å². The summed E-state index contributed by atoms with van der Waals surface area (Å²) in [5.74, 6) is 2.16. The largest absolute Gasteiger partial charge is 0.339 e. The lowest BCUT2D eigenvalue weighted by Crippen LogP contribution is -2.37. The van der Waals surface area contributed by atoms with Gasteiger partial charge in [0.15, 0.2) is 5.82 Å². The molecule has 90 valence electrons. The minimum atomic E-state index is 0.475. The van der Waals surface area contributed by atoms with E-state index >= 15 is 0 Å². The number of likely N-dealkylation sites (tertiary alicyclic amines) is 1. The number of nitrogens with zero attached hydrogens (tertiary/aromatic N) is 3. The van der Waals surface area contributed by atoms with Gasteiger partial charge in [-0.1, -0.05) is 12.1 Å². The average Bonchev–Trinajstić information content (AvgIpc) is 2.77. The molecule has 0 aliphatic carbocycles. The molecule has 1 aromatic heterocycles. The number of aromatic nitrogens is 2. The van der Waals surface area contributed by atoms with Crippen LogP contribution in [0.1, 0.15) is 51.2 Å². The third-order valence-electron chi connectivity index (χ3n) is 3.41. The van der Waals surface area contributed by atoms with Crippen molar-refractivity contribution < 1.29 is 4.52 Å². The summed E-state index contributed by atoms with van der Waals surface area (Å²) < 4.78 is 5.31. The van der Waals surface area contributed by atoms with Crippen molar-refractivity contribution in [3.8, 4) is 0 Å². The van der Waals surface area contributed by atoms with E-state index in [1.165, 1.54) is 0 Å². The van der Waals surface area contributed by atoms with E-state index in [-0.39, 0.29) is 0 Å². The van der Waals surface area contributed by atoms with E-state index in [0.29, 0.717) is 12.0 Å². The van der Waals surface area contributed by atoms with Crippen LogP contribution in [0.25, 0.3) is 0 Å². The maximum absolute atomic E-state index is 5.31. The summed E-state index contributed by atoms with van der Waals surface area (Å²) in [6, 6.07) is 0.648. The Morgan fingerprint density at radius 3 is 2.56 bits per heavy atom. The van der Waals surface area contributed by atoms with Crippen LogP contribution in [0.5, 0.6) is 0 Å². The number of aryl methyl sites for hydroxylation is 1. The lowest BCUT2D eigenvalue weighted by Gasteiger charge is -2.33. The predicted octanol–water partition coefficient (Wildman–Crippen LogP) is 2.22. The quantitative estimate of drug-likeness (QED) is 0.788. The number of hydrogen-bond acceptors (Lipinski definition) is 4. The summed E-state index contributed by atoms with van der Waals surface area (Å²) in [4.78, 5) is 6.93. The van der Waals surface area contributed by atoms with Crippen molar-refractivity contribution in [2.24, 2.45) is 0 Å². The molecule has 2 rings (SSSR count). The Hall–Kier alpha value is -0.900. The number of piperidine rings is 1. The zero-order valence-electron chi connectivity index (χ0n) is 10.4. The first-order chi connectivity index (χ1) is 7.70. The monoisotopic (exact) mass is 223 g/mol. The second-order valence-electron chi connectivity index (χ2n) is 4.81. The first kappa shape index (κ1) is 11.6. The lowest BCUT2D eigenvalue weighted by molar-refractivity contribution is 0.160. The first-order valence-electron chi connectivity index (χ1n) is 6.27. The number of rotatable bonds is 3. The van der Waals surface area contributed by atoms with Crippen molar-refractivity contribution in [1.29, 1.82) is 0 Å². The average molecular weight is 223 g/mol. The summed E-state index contributed by atoms with van der Waals surface area (Å²) >= 11 is 0. The van der Waals surface area contributed by atoms with E-state index in [4.69, 9.17) is 4.52 Å². The Morgan fingerprint density at radius 2 is 2.06 bits per heavy atom. The van der Waals surface area contributed by atoms with E-state index in [1.54, 1.807) is 0 Å². The molecule has 0 radical (unpaired) electrons. The van der Waals surface area contributed by atoms with Crippen LogP contribution in [0, 0.1) is 0 Å². The molecule has 4 nitrogen and oxygen atoms in total. The third-order valence-corrected chi connectivity index (χ3v) is 3.41. The Balaban J connectivity index is 1.93. The highest BCUT2D eigenvalue weighted by Gasteiger charge is 2.25. The fourth-order valence-electron chi connectivity index (χ4n) is 2.24. The molecule has 16 heavy (non-hydrogen) atoms. The van der Waals surface area contributed by atoms with E-state index in [0.717, 1.165) is 44.1 Å². The van der Waals surface area contributed by atoms with Crippen LogP contribution in [0.3, 0.4) is 0 Å². The minimum Gasteiger partial charge on any atom is -0.339 e. The molecule has 0 saturated carbocycles. The van der Waals surface area contributed by atoms with Crippen LogP contribution in [0.4, 0.5) is 0 Å². The molecule has 1 aliphatic heterocycles. The van der Waals surface area contributed by atoms with Crippen LogP contribution in [0.15, 0.2) is 4.52 Å². The van der Waals surface area contributed by atoms with Crippen LogP contribution < -0.4 is 0 Å². The maximum Gasteiger partial charge on any atom is 0.229 e. The van der Waals surface area contributed by atoms with Gasteiger partial charge in [-0.25, -0.2) is 0 Å². The number of hydrogen-bond donors (Lipinski definition) is 0.